The van der Waals surface area contributed by atoms with Crippen LogP contribution in [0.25, 0.3) is 0 Å². The Morgan fingerprint density at radius 3 is 2.83 bits per heavy atom. The van der Waals surface area contributed by atoms with E-state index in [1.807, 2.05) is 6.07 Å². The van der Waals surface area contributed by atoms with E-state index in [1.54, 1.807) is 36.2 Å². The highest BCUT2D eigenvalue weighted by atomic mass is 79.9. The fraction of sp³-hybridized carbons (Fsp3) is 0.429. The van der Waals surface area contributed by atoms with Gasteiger partial charge in [0.1, 0.15) is 0 Å². The van der Waals surface area contributed by atoms with E-state index in [0.29, 0.717) is 11.1 Å². The van der Waals surface area contributed by atoms with E-state index in [9.17, 15) is 4.79 Å². The number of rotatable bonds is 6. The number of hydrogen-bond donors (Lipinski definition) is 0. The molecule has 0 spiro atoms. The van der Waals surface area contributed by atoms with Gasteiger partial charge in [-0.05, 0) is 31.0 Å². The van der Waals surface area contributed by atoms with E-state index >= 15 is 0 Å². The highest BCUT2D eigenvalue weighted by Gasteiger charge is 2.11. The second kappa shape index (κ2) is 7.88. The molecule has 0 aromatic heterocycles. The summed E-state index contributed by atoms with van der Waals surface area (Å²) in [5.41, 5.74) is 1.10. The lowest BCUT2D eigenvalue weighted by Crippen LogP contribution is -2.27. The van der Waals surface area contributed by atoms with Crippen molar-refractivity contribution in [2.24, 2.45) is 0 Å². The molecule has 0 fully saturated rings. The van der Waals surface area contributed by atoms with Crippen molar-refractivity contribution in [2.75, 3.05) is 18.9 Å². The summed E-state index contributed by atoms with van der Waals surface area (Å²) in [6.07, 6.45) is 3.25. The minimum Gasteiger partial charge on any atom is -0.342 e. The van der Waals surface area contributed by atoms with Gasteiger partial charge in [0, 0.05) is 24.5 Å². The molecule has 0 saturated heterocycles. The van der Waals surface area contributed by atoms with Crippen molar-refractivity contribution in [2.45, 2.75) is 19.3 Å². The van der Waals surface area contributed by atoms with Gasteiger partial charge in [0.05, 0.1) is 11.6 Å². The summed E-state index contributed by atoms with van der Waals surface area (Å²) in [5, 5.41) is 9.81. The number of hydrogen-bond acceptors (Lipinski definition) is 2. The summed E-state index contributed by atoms with van der Waals surface area (Å²) in [6.45, 7) is 0.753. The van der Waals surface area contributed by atoms with E-state index in [-0.39, 0.29) is 5.91 Å². The van der Waals surface area contributed by atoms with Crippen molar-refractivity contribution in [3.8, 4) is 6.07 Å². The van der Waals surface area contributed by atoms with E-state index in [2.05, 4.69) is 15.9 Å². The zero-order valence-corrected chi connectivity index (χ0v) is 12.1. The number of unbranched alkanes of at least 4 members (excludes halogenated alkanes) is 2. The van der Waals surface area contributed by atoms with Crippen molar-refractivity contribution in [1.82, 2.24) is 4.90 Å². The lowest BCUT2D eigenvalue weighted by molar-refractivity contribution is 0.0792. The van der Waals surface area contributed by atoms with Crippen LogP contribution in [0, 0.1) is 11.3 Å². The molecule has 18 heavy (non-hydrogen) atoms. The minimum atomic E-state index is -0.0223. The molecule has 1 aromatic carbocycles. The van der Waals surface area contributed by atoms with Crippen LogP contribution < -0.4 is 0 Å². The van der Waals surface area contributed by atoms with Crippen molar-refractivity contribution in [3.63, 3.8) is 0 Å². The van der Waals surface area contributed by atoms with Crippen molar-refractivity contribution >= 4 is 21.8 Å². The molecule has 1 aromatic rings. The third-order valence-corrected chi connectivity index (χ3v) is 3.27. The zero-order valence-electron chi connectivity index (χ0n) is 10.5. The number of carbonyl (C=O) groups is 1. The molecular weight excluding hydrogens is 292 g/mol. The topological polar surface area (TPSA) is 44.1 Å². The smallest absolute Gasteiger partial charge is 0.253 e. The van der Waals surface area contributed by atoms with Crippen LogP contribution in [0.4, 0.5) is 0 Å². The molecule has 96 valence electrons. The monoisotopic (exact) mass is 308 g/mol. The summed E-state index contributed by atoms with van der Waals surface area (Å²) < 4.78 is 0. The quantitative estimate of drug-likeness (QED) is 0.598. The molecule has 1 rings (SSSR count). The van der Waals surface area contributed by atoms with Crippen molar-refractivity contribution in [1.29, 1.82) is 5.26 Å². The van der Waals surface area contributed by atoms with Gasteiger partial charge in [-0.2, -0.15) is 5.26 Å². The number of benzene rings is 1. The largest absolute Gasteiger partial charge is 0.342 e. The molecular formula is C14H17BrN2O. The van der Waals surface area contributed by atoms with Crippen molar-refractivity contribution < 1.29 is 4.79 Å². The third kappa shape index (κ3) is 4.50. The van der Waals surface area contributed by atoms with Crippen LogP contribution in [0.1, 0.15) is 35.2 Å². The fourth-order valence-corrected chi connectivity index (χ4v) is 2.06. The fourth-order valence-electron chi connectivity index (χ4n) is 1.66. The van der Waals surface area contributed by atoms with Crippen molar-refractivity contribution in [3.05, 3.63) is 35.4 Å². The van der Waals surface area contributed by atoms with Gasteiger partial charge in [0.2, 0.25) is 0 Å². The van der Waals surface area contributed by atoms with Gasteiger partial charge in [-0.3, -0.25) is 4.79 Å². The second-order valence-electron chi connectivity index (χ2n) is 4.17. The van der Waals surface area contributed by atoms with E-state index in [1.165, 1.54) is 0 Å². The van der Waals surface area contributed by atoms with Crippen LogP contribution in [0.3, 0.4) is 0 Å². The maximum Gasteiger partial charge on any atom is 0.253 e. The predicted octanol–water partition coefficient (Wildman–Crippen LogP) is 3.20. The Hall–Kier alpha value is -1.34. The van der Waals surface area contributed by atoms with Gasteiger partial charge in [0.15, 0.2) is 0 Å². The molecule has 0 radical (unpaired) electrons. The average molecular weight is 309 g/mol. The SMILES string of the molecule is CN(CCCCCBr)C(=O)c1cccc(C#N)c1. The van der Waals surface area contributed by atoms with E-state index < -0.39 is 0 Å². The highest BCUT2D eigenvalue weighted by Crippen LogP contribution is 2.08. The summed E-state index contributed by atoms with van der Waals surface area (Å²) in [6, 6.07) is 8.87. The molecule has 0 aliphatic carbocycles. The molecule has 3 nitrogen and oxygen atoms in total. The molecule has 1 amide bonds. The van der Waals surface area contributed by atoms with Gasteiger partial charge in [-0.1, -0.05) is 28.4 Å². The summed E-state index contributed by atoms with van der Waals surface area (Å²) in [7, 11) is 1.80. The molecule has 4 heteroatoms. The number of alkyl halides is 1. The van der Waals surface area contributed by atoms with Crippen LogP contribution in [-0.2, 0) is 0 Å². The number of nitrogens with zero attached hydrogens (tertiary/aromatic N) is 2. The second-order valence-corrected chi connectivity index (χ2v) is 4.96. The number of carbonyl (C=O) groups excluding carboxylic acids is 1. The van der Waals surface area contributed by atoms with Crippen LogP contribution in [0.2, 0.25) is 0 Å². The Kier molecular flexibility index (Phi) is 6.45. The van der Waals surface area contributed by atoms with Gasteiger partial charge in [-0.15, -0.1) is 0 Å². The van der Waals surface area contributed by atoms with E-state index in [0.717, 1.165) is 31.1 Å². The Morgan fingerprint density at radius 2 is 2.17 bits per heavy atom. The molecule has 0 bridgehead atoms. The maximum atomic E-state index is 12.1. The third-order valence-electron chi connectivity index (χ3n) is 2.71. The molecule has 0 saturated carbocycles. The van der Waals surface area contributed by atoms with Gasteiger partial charge in [-0.25, -0.2) is 0 Å². The predicted molar refractivity (Wildman–Crippen MR) is 75.8 cm³/mol. The zero-order chi connectivity index (χ0) is 13.4. The molecule has 0 aliphatic rings. The average Bonchev–Trinajstić information content (AvgIpc) is 2.42. The lowest BCUT2D eigenvalue weighted by atomic mass is 10.1. The Labute approximate surface area is 117 Å². The summed E-state index contributed by atoms with van der Waals surface area (Å²) >= 11 is 3.39. The number of amides is 1. The Morgan fingerprint density at radius 1 is 1.39 bits per heavy atom. The number of nitriles is 1. The van der Waals surface area contributed by atoms with Gasteiger partial charge < -0.3 is 4.90 Å². The Bertz CT molecular complexity index is 440. The summed E-state index contributed by atoms with van der Waals surface area (Å²) in [5.74, 6) is -0.0223. The molecule has 0 aliphatic heterocycles. The molecule has 0 atom stereocenters. The molecule has 0 unspecified atom stereocenters. The van der Waals surface area contributed by atoms with Crippen LogP contribution >= 0.6 is 15.9 Å². The summed E-state index contributed by atoms with van der Waals surface area (Å²) in [4.78, 5) is 13.8. The highest BCUT2D eigenvalue weighted by molar-refractivity contribution is 9.09. The maximum absolute atomic E-state index is 12.1. The van der Waals surface area contributed by atoms with Crippen LogP contribution in [-0.4, -0.2) is 29.7 Å². The van der Waals surface area contributed by atoms with Crippen LogP contribution in [0.5, 0.6) is 0 Å². The van der Waals surface area contributed by atoms with Crippen LogP contribution in [0.15, 0.2) is 24.3 Å². The molecule has 0 N–H and O–H groups in total. The Balaban J connectivity index is 2.55. The molecule has 0 heterocycles. The lowest BCUT2D eigenvalue weighted by Gasteiger charge is -2.17. The van der Waals surface area contributed by atoms with E-state index in [4.69, 9.17) is 5.26 Å². The minimum absolute atomic E-state index is 0.0223. The standard InChI is InChI=1S/C14H17BrN2O/c1-17(9-4-2-3-8-15)14(18)13-7-5-6-12(10-13)11-16/h5-7,10H,2-4,8-9H2,1H3. The van der Waals surface area contributed by atoms with Gasteiger partial charge in [0.25, 0.3) is 5.91 Å². The first-order valence-electron chi connectivity index (χ1n) is 6.00. The first-order valence-corrected chi connectivity index (χ1v) is 7.12. The normalized spacial score (nSPS) is 9.83. The first-order chi connectivity index (χ1) is 8.69. The first kappa shape index (κ1) is 14.7. The van der Waals surface area contributed by atoms with Gasteiger partial charge >= 0.3 is 0 Å². The number of halogens is 1.